The first-order valence-corrected chi connectivity index (χ1v) is 15.1. The first-order chi connectivity index (χ1) is 16.4. The van der Waals surface area contributed by atoms with Gasteiger partial charge in [0.15, 0.2) is 0 Å². The maximum absolute atomic E-state index is 13.1. The van der Waals surface area contributed by atoms with Crippen molar-refractivity contribution in [2.45, 2.75) is 44.4 Å². The molecule has 10 heteroatoms. The molecule has 1 aliphatic rings. The number of anilines is 2. The molecule has 1 heterocycles. The fraction of sp³-hybridized carbons (Fsp3) is 0.480. The Morgan fingerprint density at radius 2 is 1.63 bits per heavy atom. The Morgan fingerprint density at radius 1 is 1.03 bits per heavy atom. The zero-order valence-corrected chi connectivity index (χ0v) is 22.4. The second-order valence-electron chi connectivity index (χ2n) is 9.54. The van der Waals surface area contributed by atoms with E-state index in [2.05, 4.69) is 19.2 Å². The fourth-order valence-electron chi connectivity index (χ4n) is 4.18. The molecule has 192 valence electrons. The van der Waals surface area contributed by atoms with Gasteiger partial charge in [-0.3, -0.25) is 9.10 Å². The van der Waals surface area contributed by atoms with Gasteiger partial charge in [-0.1, -0.05) is 38.8 Å². The molecule has 0 unspecified atom stereocenters. The van der Waals surface area contributed by atoms with Gasteiger partial charge in [0.1, 0.15) is 0 Å². The van der Waals surface area contributed by atoms with E-state index in [1.54, 1.807) is 34.6 Å². The summed E-state index contributed by atoms with van der Waals surface area (Å²) in [5.41, 5.74) is 0.860. The van der Waals surface area contributed by atoms with Crippen LogP contribution in [0.1, 0.15) is 49.9 Å². The molecule has 1 amide bonds. The van der Waals surface area contributed by atoms with Gasteiger partial charge in [0, 0.05) is 25.8 Å². The molecule has 0 aromatic heterocycles. The van der Waals surface area contributed by atoms with Gasteiger partial charge < -0.3 is 5.32 Å². The number of carbonyl (C=O) groups excluding carboxylic acids is 1. The van der Waals surface area contributed by atoms with E-state index in [4.69, 9.17) is 0 Å². The molecule has 35 heavy (non-hydrogen) atoms. The van der Waals surface area contributed by atoms with Crippen molar-refractivity contribution < 1.29 is 21.6 Å². The van der Waals surface area contributed by atoms with Crippen LogP contribution < -0.4 is 9.62 Å². The lowest BCUT2D eigenvalue weighted by molar-refractivity contribution is 0.102. The van der Waals surface area contributed by atoms with Crippen molar-refractivity contribution in [2.75, 3.05) is 36.0 Å². The van der Waals surface area contributed by atoms with Gasteiger partial charge in [0.05, 0.1) is 22.4 Å². The van der Waals surface area contributed by atoms with E-state index in [1.165, 1.54) is 31.7 Å². The number of amides is 1. The number of sulfonamides is 2. The fourth-order valence-corrected chi connectivity index (χ4v) is 6.17. The van der Waals surface area contributed by atoms with Crippen LogP contribution in [0.2, 0.25) is 0 Å². The SMILES string of the molecule is CC(C)CCC1CCN(S(=O)(=O)c2ccc(NC(=O)c3ccccc3N(C)S(C)(=O)=O)cc2)CC1. The Bertz CT molecular complexity index is 1230. The van der Waals surface area contributed by atoms with Gasteiger partial charge in [-0.15, -0.1) is 0 Å². The molecule has 1 N–H and O–H groups in total. The van der Waals surface area contributed by atoms with Crippen LogP contribution in [0.25, 0.3) is 0 Å². The number of para-hydroxylation sites is 1. The summed E-state index contributed by atoms with van der Waals surface area (Å²) in [5, 5.41) is 2.72. The quantitative estimate of drug-likeness (QED) is 0.533. The van der Waals surface area contributed by atoms with E-state index >= 15 is 0 Å². The first kappa shape index (κ1) is 27.2. The topological polar surface area (TPSA) is 104 Å². The maximum atomic E-state index is 13.1. The Kier molecular flexibility index (Phi) is 8.61. The van der Waals surface area contributed by atoms with Gasteiger partial charge >= 0.3 is 0 Å². The summed E-state index contributed by atoms with van der Waals surface area (Å²) in [4.78, 5) is 13.1. The van der Waals surface area contributed by atoms with Crippen LogP contribution in [0, 0.1) is 11.8 Å². The summed E-state index contributed by atoms with van der Waals surface area (Å²) in [5.74, 6) is 0.742. The molecule has 3 rings (SSSR count). The van der Waals surface area contributed by atoms with Crippen LogP contribution in [0.5, 0.6) is 0 Å². The van der Waals surface area contributed by atoms with Crippen LogP contribution in [0.3, 0.4) is 0 Å². The molecule has 1 saturated heterocycles. The van der Waals surface area contributed by atoms with Crippen LogP contribution in [0.15, 0.2) is 53.4 Å². The third-order valence-electron chi connectivity index (χ3n) is 6.46. The normalized spacial score (nSPS) is 15.8. The minimum absolute atomic E-state index is 0.188. The smallest absolute Gasteiger partial charge is 0.257 e. The van der Waals surface area contributed by atoms with Crippen molar-refractivity contribution in [1.82, 2.24) is 4.31 Å². The predicted octanol–water partition coefficient (Wildman–Crippen LogP) is 4.17. The molecule has 1 aliphatic heterocycles. The summed E-state index contributed by atoms with van der Waals surface area (Å²) in [6, 6.07) is 12.5. The van der Waals surface area contributed by atoms with Crippen LogP contribution in [-0.4, -0.2) is 53.4 Å². The van der Waals surface area contributed by atoms with E-state index in [0.717, 1.165) is 29.8 Å². The average Bonchev–Trinajstić information content (AvgIpc) is 2.82. The lowest BCUT2D eigenvalue weighted by Crippen LogP contribution is -2.38. The maximum Gasteiger partial charge on any atom is 0.257 e. The number of nitrogens with one attached hydrogen (secondary N) is 1. The largest absolute Gasteiger partial charge is 0.322 e. The molecule has 0 bridgehead atoms. The minimum Gasteiger partial charge on any atom is -0.322 e. The summed E-state index contributed by atoms with van der Waals surface area (Å²) in [7, 11) is -5.76. The monoisotopic (exact) mass is 521 g/mol. The van der Waals surface area contributed by atoms with Crippen molar-refractivity contribution in [3.8, 4) is 0 Å². The average molecular weight is 522 g/mol. The number of piperidine rings is 1. The van der Waals surface area contributed by atoms with Gasteiger partial charge in [-0.05, 0) is 61.1 Å². The molecule has 2 aromatic rings. The number of benzene rings is 2. The zero-order valence-electron chi connectivity index (χ0n) is 20.8. The summed E-state index contributed by atoms with van der Waals surface area (Å²) in [6.45, 7) is 5.46. The highest BCUT2D eigenvalue weighted by Crippen LogP contribution is 2.28. The zero-order chi connectivity index (χ0) is 25.8. The van der Waals surface area contributed by atoms with Crippen LogP contribution in [0.4, 0.5) is 11.4 Å². The Labute approximate surface area is 209 Å². The van der Waals surface area contributed by atoms with Crippen molar-refractivity contribution in [3.05, 3.63) is 54.1 Å². The Morgan fingerprint density at radius 3 is 2.20 bits per heavy atom. The number of rotatable bonds is 9. The summed E-state index contributed by atoms with van der Waals surface area (Å²) >= 11 is 0. The van der Waals surface area contributed by atoms with Crippen molar-refractivity contribution in [3.63, 3.8) is 0 Å². The molecule has 0 radical (unpaired) electrons. The van der Waals surface area contributed by atoms with E-state index in [1.807, 2.05) is 0 Å². The third kappa shape index (κ3) is 6.83. The number of carbonyl (C=O) groups is 1. The number of hydrogen-bond acceptors (Lipinski definition) is 5. The van der Waals surface area contributed by atoms with Crippen LogP contribution in [-0.2, 0) is 20.0 Å². The van der Waals surface area contributed by atoms with Gasteiger partial charge in [-0.2, -0.15) is 4.31 Å². The van der Waals surface area contributed by atoms with Gasteiger partial charge in [-0.25, -0.2) is 16.8 Å². The van der Waals surface area contributed by atoms with E-state index in [0.29, 0.717) is 30.6 Å². The first-order valence-electron chi connectivity index (χ1n) is 11.8. The summed E-state index contributed by atoms with van der Waals surface area (Å²) in [6.07, 6.45) is 5.13. The highest BCUT2D eigenvalue weighted by atomic mass is 32.2. The second kappa shape index (κ2) is 11.1. The third-order valence-corrected chi connectivity index (χ3v) is 9.57. The van der Waals surface area contributed by atoms with E-state index in [9.17, 15) is 21.6 Å². The molecule has 0 atom stereocenters. The number of nitrogens with zero attached hydrogens (tertiary/aromatic N) is 2. The molecule has 0 saturated carbocycles. The predicted molar refractivity (Wildman–Crippen MR) is 140 cm³/mol. The second-order valence-corrected chi connectivity index (χ2v) is 13.5. The minimum atomic E-state index is -3.60. The van der Waals surface area contributed by atoms with Crippen molar-refractivity contribution in [1.29, 1.82) is 0 Å². The highest BCUT2D eigenvalue weighted by Gasteiger charge is 2.29. The molecular weight excluding hydrogens is 486 g/mol. The molecular formula is C25H35N3O5S2. The van der Waals surface area contributed by atoms with Gasteiger partial charge in [0.25, 0.3) is 5.91 Å². The molecule has 2 aromatic carbocycles. The lowest BCUT2D eigenvalue weighted by atomic mass is 9.90. The molecule has 1 fully saturated rings. The van der Waals surface area contributed by atoms with E-state index in [-0.39, 0.29) is 16.1 Å². The molecule has 8 nitrogen and oxygen atoms in total. The van der Waals surface area contributed by atoms with Crippen molar-refractivity contribution >= 4 is 37.3 Å². The standard InChI is InChI=1S/C25H35N3O5S2/c1-19(2)9-10-20-15-17-28(18-16-20)35(32,33)22-13-11-21(12-14-22)26-25(29)23-7-5-6-8-24(23)27(3)34(4,30)31/h5-8,11-14,19-20H,9-10,15-18H2,1-4H3,(H,26,29). The molecule has 0 aliphatic carbocycles. The number of hydrogen-bond donors (Lipinski definition) is 1. The van der Waals surface area contributed by atoms with Crippen molar-refractivity contribution in [2.24, 2.45) is 11.8 Å². The highest BCUT2D eigenvalue weighted by molar-refractivity contribution is 7.92. The summed E-state index contributed by atoms with van der Waals surface area (Å²) < 4.78 is 52.7. The van der Waals surface area contributed by atoms with E-state index < -0.39 is 26.0 Å². The van der Waals surface area contributed by atoms with Crippen LogP contribution >= 0.6 is 0 Å². The lowest BCUT2D eigenvalue weighted by Gasteiger charge is -2.31. The Hall–Kier alpha value is -2.43. The molecule has 0 spiro atoms. The van der Waals surface area contributed by atoms with Gasteiger partial charge in [0.2, 0.25) is 20.0 Å². The Balaban J connectivity index is 1.67.